The van der Waals surface area contributed by atoms with E-state index in [0.29, 0.717) is 18.0 Å². The molecule has 0 aromatic carbocycles. The number of aromatic nitrogens is 3. The number of hydrogen-bond acceptors (Lipinski definition) is 4. The number of anilines is 1. The highest BCUT2D eigenvalue weighted by Gasteiger charge is 2.36. The number of hydrogen-bond donors (Lipinski definition) is 2. The zero-order valence-corrected chi connectivity index (χ0v) is 11.0. The van der Waals surface area contributed by atoms with Crippen molar-refractivity contribution in [3.63, 3.8) is 0 Å². The molecular weight excluding hydrogens is 246 g/mol. The molecule has 104 valence electrons. The fourth-order valence-electron chi connectivity index (χ4n) is 2.49. The number of aryl methyl sites for hydroxylation is 1. The molecule has 19 heavy (non-hydrogen) atoms. The Morgan fingerprint density at radius 3 is 3.00 bits per heavy atom. The van der Waals surface area contributed by atoms with Crippen LogP contribution in [-0.4, -0.2) is 39.5 Å². The molecule has 7 nitrogen and oxygen atoms in total. The molecule has 0 spiro atoms. The molecule has 3 rings (SSSR count). The average Bonchev–Trinajstić information content (AvgIpc) is 3.16. The van der Waals surface area contributed by atoms with Crippen LogP contribution in [0.15, 0.2) is 6.33 Å². The summed E-state index contributed by atoms with van der Waals surface area (Å²) in [6, 6.07) is -0.0369. The average molecular weight is 265 g/mol. The smallest absolute Gasteiger partial charge is 0.321 e. The Kier molecular flexibility index (Phi) is 3.37. The maximum absolute atomic E-state index is 11.9. The van der Waals surface area contributed by atoms with E-state index in [1.165, 1.54) is 23.9 Å². The summed E-state index contributed by atoms with van der Waals surface area (Å²) in [7, 11) is 1.74. The number of ether oxygens (including phenoxy) is 1. The highest BCUT2D eigenvalue weighted by atomic mass is 16.5. The summed E-state index contributed by atoms with van der Waals surface area (Å²) in [5, 5.41) is 9.58. The van der Waals surface area contributed by atoms with E-state index >= 15 is 0 Å². The first-order valence-electron chi connectivity index (χ1n) is 6.75. The van der Waals surface area contributed by atoms with E-state index in [1.54, 1.807) is 7.05 Å². The lowest BCUT2D eigenvalue weighted by Gasteiger charge is -2.30. The molecule has 0 radical (unpaired) electrons. The van der Waals surface area contributed by atoms with Crippen molar-refractivity contribution in [3.05, 3.63) is 6.33 Å². The fourth-order valence-corrected chi connectivity index (χ4v) is 2.49. The van der Waals surface area contributed by atoms with Gasteiger partial charge in [0.15, 0.2) is 0 Å². The van der Waals surface area contributed by atoms with Gasteiger partial charge in [0.2, 0.25) is 5.95 Å². The molecule has 2 amide bonds. The molecule has 2 atom stereocenters. The molecule has 1 aliphatic heterocycles. The topological polar surface area (TPSA) is 81.1 Å². The lowest BCUT2D eigenvalue weighted by molar-refractivity contribution is -0.00890. The van der Waals surface area contributed by atoms with Gasteiger partial charge in [-0.1, -0.05) is 0 Å². The normalized spacial score (nSPS) is 27.0. The van der Waals surface area contributed by atoms with Crippen LogP contribution < -0.4 is 10.6 Å². The molecule has 1 saturated carbocycles. The first-order chi connectivity index (χ1) is 9.22. The Balaban J connectivity index is 1.50. The predicted octanol–water partition coefficient (Wildman–Crippen LogP) is 0.894. The summed E-state index contributed by atoms with van der Waals surface area (Å²) in [5.74, 6) is 1.16. The Morgan fingerprint density at radius 2 is 2.32 bits per heavy atom. The molecule has 1 aromatic heterocycles. The minimum absolute atomic E-state index is 0.188. The number of nitrogens with zero attached hydrogens (tertiary/aromatic N) is 3. The fraction of sp³-hybridized carbons (Fsp3) is 0.750. The number of rotatable bonds is 3. The van der Waals surface area contributed by atoms with E-state index in [-0.39, 0.29) is 12.1 Å². The Morgan fingerprint density at radius 1 is 1.47 bits per heavy atom. The van der Waals surface area contributed by atoms with Crippen molar-refractivity contribution >= 4 is 12.0 Å². The third-order valence-corrected chi connectivity index (χ3v) is 3.73. The Labute approximate surface area is 111 Å². The van der Waals surface area contributed by atoms with Crippen LogP contribution in [0, 0.1) is 5.92 Å². The molecular formula is C12H19N5O2. The van der Waals surface area contributed by atoms with Gasteiger partial charge < -0.3 is 10.1 Å². The van der Waals surface area contributed by atoms with Crippen LogP contribution in [0.1, 0.15) is 25.7 Å². The van der Waals surface area contributed by atoms with Gasteiger partial charge >= 0.3 is 6.03 Å². The monoisotopic (exact) mass is 265 g/mol. The van der Waals surface area contributed by atoms with Gasteiger partial charge in [0.25, 0.3) is 0 Å². The lowest BCUT2D eigenvalue weighted by atomic mass is 10.0. The number of nitrogens with one attached hydrogen (secondary N) is 2. The van der Waals surface area contributed by atoms with Gasteiger partial charge in [-0.05, 0) is 31.6 Å². The third-order valence-electron chi connectivity index (χ3n) is 3.73. The molecule has 0 bridgehead atoms. The molecule has 2 heterocycles. The standard InChI is InChI=1S/C12H19N5O2/c1-17-11(13-7-14-17)16-12(18)15-9-4-5-19-10(6-9)8-2-3-8/h7-10H,2-6H2,1H3,(H2,13,14,15,16,18)/t9-,10-/m0/s1. The summed E-state index contributed by atoms with van der Waals surface area (Å²) in [4.78, 5) is 15.8. The van der Waals surface area contributed by atoms with E-state index in [4.69, 9.17) is 4.74 Å². The van der Waals surface area contributed by atoms with Gasteiger partial charge in [-0.3, -0.25) is 5.32 Å². The number of urea groups is 1. The maximum atomic E-state index is 11.9. The van der Waals surface area contributed by atoms with Crippen molar-refractivity contribution in [2.75, 3.05) is 11.9 Å². The zero-order valence-electron chi connectivity index (χ0n) is 11.0. The van der Waals surface area contributed by atoms with Crippen molar-refractivity contribution < 1.29 is 9.53 Å². The molecule has 1 aromatic rings. The molecule has 1 saturated heterocycles. The van der Waals surface area contributed by atoms with Gasteiger partial charge in [-0.15, -0.1) is 0 Å². The number of carbonyl (C=O) groups is 1. The van der Waals surface area contributed by atoms with Crippen LogP contribution in [-0.2, 0) is 11.8 Å². The van der Waals surface area contributed by atoms with Crippen LogP contribution in [0.2, 0.25) is 0 Å². The number of carbonyl (C=O) groups excluding carboxylic acids is 1. The SMILES string of the molecule is Cn1ncnc1NC(=O)N[C@H]1CCO[C@H](C2CC2)C1. The van der Waals surface area contributed by atoms with E-state index in [2.05, 4.69) is 20.7 Å². The van der Waals surface area contributed by atoms with Crippen LogP contribution in [0.4, 0.5) is 10.7 Å². The second-order valence-electron chi connectivity index (χ2n) is 5.27. The minimum Gasteiger partial charge on any atom is -0.378 e. The lowest BCUT2D eigenvalue weighted by Crippen LogP contribution is -2.44. The van der Waals surface area contributed by atoms with Gasteiger partial charge in [-0.25, -0.2) is 9.48 Å². The second-order valence-corrected chi connectivity index (χ2v) is 5.27. The van der Waals surface area contributed by atoms with Crippen LogP contribution >= 0.6 is 0 Å². The Bertz CT molecular complexity index is 457. The molecule has 2 aliphatic rings. The minimum atomic E-state index is -0.224. The summed E-state index contributed by atoms with van der Waals surface area (Å²) in [6.07, 6.45) is 6.05. The summed E-state index contributed by atoms with van der Waals surface area (Å²) in [5.41, 5.74) is 0. The van der Waals surface area contributed by atoms with E-state index in [1.807, 2.05) is 0 Å². The summed E-state index contributed by atoms with van der Waals surface area (Å²) < 4.78 is 7.26. The maximum Gasteiger partial charge on any atom is 0.321 e. The molecule has 2 N–H and O–H groups in total. The first kappa shape index (κ1) is 12.4. The summed E-state index contributed by atoms with van der Waals surface area (Å²) >= 11 is 0. The van der Waals surface area contributed by atoms with E-state index < -0.39 is 0 Å². The molecule has 0 unspecified atom stereocenters. The van der Waals surface area contributed by atoms with Crippen molar-refractivity contribution in [1.29, 1.82) is 0 Å². The first-order valence-corrected chi connectivity index (χ1v) is 6.75. The van der Waals surface area contributed by atoms with Crippen molar-refractivity contribution in [3.8, 4) is 0 Å². The quantitative estimate of drug-likeness (QED) is 0.850. The van der Waals surface area contributed by atoms with Crippen molar-refractivity contribution in [1.82, 2.24) is 20.1 Å². The third kappa shape index (κ3) is 3.04. The molecule has 2 fully saturated rings. The van der Waals surface area contributed by atoms with Crippen LogP contribution in [0.5, 0.6) is 0 Å². The van der Waals surface area contributed by atoms with E-state index in [9.17, 15) is 4.79 Å². The van der Waals surface area contributed by atoms with Crippen LogP contribution in [0.25, 0.3) is 0 Å². The highest BCUT2D eigenvalue weighted by Crippen LogP contribution is 2.38. The number of amides is 2. The largest absolute Gasteiger partial charge is 0.378 e. The van der Waals surface area contributed by atoms with Crippen molar-refractivity contribution in [2.24, 2.45) is 13.0 Å². The van der Waals surface area contributed by atoms with Gasteiger partial charge in [0.1, 0.15) is 6.33 Å². The second kappa shape index (κ2) is 5.16. The molecule has 7 heteroatoms. The Hall–Kier alpha value is -1.63. The van der Waals surface area contributed by atoms with Gasteiger partial charge in [0, 0.05) is 19.7 Å². The van der Waals surface area contributed by atoms with Crippen molar-refractivity contribution in [2.45, 2.75) is 37.8 Å². The van der Waals surface area contributed by atoms with Gasteiger partial charge in [-0.2, -0.15) is 10.1 Å². The zero-order chi connectivity index (χ0) is 13.2. The van der Waals surface area contributed by atoms with Gasteiger partial charge in [0.05, 0.1) is 6.10 Å². The van der Waals surface area contributed by atoms with E-state index in [0.717, 1.165) is 19.4 Å². The van der Waals surface area contributed by atoms with Crippen LogP contribution in [0.3, 0.4) is 0 Å². The highest BCUT2D eigenvalue weighted by molar-refractivity contribution is 5.87. The molecule has 1 aliphatic carbocycles. The summed E-state index contributed by atoms with van der Waals surface area (Å²) in [6.45, 7) is 0.732. The predicted molar refractivity (Wildman–Crippen MR) is 68.6 cm³/mol.